The summed E-state index contributed by atoms with van der Waals surface area (Å²) >= 11 is 1.78. The third-order valence-electron chi connectivity index (χ3n) is 2.57. The Labute approximate surface area is 115 Å². The summed E-state index contributed by atoms with van der Waals surface area (Å²) in [6, 6.07) is 8.61. The monoisotopic (exact) mass is 263 g/mol. The van der Waals surface area contributed by atoms with Gasteiger partial charge in [-0.25, -0.2) is 0 Å². The van der Waals surface area contributed by atoms with Crippen molar-refractivity contribution in [2.24, 2.45) is 0 Å². The predicted molar refractivity (Wildman–Crippen MR) is 80.2 cm³/mol. The lowest BCUT2D eigenvalue weighted by atomic mass is 10.1. The van der Waals surface area contributed by atoms with Crippen molar-refractivity contribution >= 4 is 11.8 Å². The van der Waals surface area contributed by atoms with Gasteiger partial charge in [-0.3, -0.25) is 0 Å². The highest BCUT2D eigenvalue weighted by molar-refractivity contribution is 7.99. The second-order valence-corrected chi connectivity index (χ2v) is 5.04. The van der Waals surface area contributed by atoms with Crippen LogP contribution in [0.3, 0.4) is 0 Å². The van der Waals surface area contributed by atoms with Crippen LogP contribution in [0.1, 0.15) is 25.5 Å². The molecule has 1 atom stereocenters. The number of thioether (sulfide) groups is 1. The van der Waals surface area contributed by atoms with Gasteiger partial charge < -0.3 is 10.1 Å². The van der Waals surface area contributed by atoms with Gasteiger partial charge in [-0.1, -0.05) is 18.1 Å². The lowest BCUT2D eigenvalue weighted by Crippen LogP contribution is -2.21. The zero-order valence-corrected chi connectivity index (χ0v) is 11.9. The van der Waals surface area contributed by atoms with E-state index in [4.69, 9.17) is 11.2 Å². The summed E-state index contributed by atoms with van der Waals surface area (Å²) in [7, 11) is 0. The standard InChI is InChI=1S/C15H21NOS/c1-4-11-18-12-10-16-13(3)14-6-8-15(9-7-14)17-5-2/h1,6-9,13,16H,5,10-12H2,2-3H3. The van der Waals surface area contributed by atoms with Crippen LogP contribution in [-0.4, -0.2) is 24.7 Å². The van der Waals surface area contributed by atoms with Crippen molar-refractivity contribution in [1.29, 1.82) is 0 Å². The predicted octanol–water partition coefficient (Wildman–Crippen LogP) is 3.10. The molecule has 0 radical (unpaired) electrons. The molecule has 98 valence electrons. The molecule has 1 N–H and O–H groups in total. The molecule has 1 aromatic carbocycles. The molecule has 0 aliphatic rings. The number of terminal acetylenes is 1. The minimum atomic E-state index is 0.354. The van der Waals surface area contributed by atoms with E-state index in [9.17, 15) is 0 Å². The van der Waals surface area contributed by atoms with E-state index in [-0.39, 0.29) is 0 Å². The molecule has 0 aromatic heterocycles. The van der Waals surface area contributed by atoms with E-state index in [2.05, 4.69) is 30.3 Å². The largest absolute Gasteiger partial charge is 0.494 e. The van der Waals surface area contributed by atoms with E-state index < -0.39 is 0 Å². The Balaban J connectivity index is 2.32. The van der Waals surface area contributed by atoms with Crippen LogP contribution in [-0.2, 0) is 0 Å². The summed E-state index contributed by atoms with van der Waals surface area (Å²) in [4.78, 5) is 0. The highest BCUT2D eigenvalue weighted by Crippen LogP contribution is 2.17. The van der Waals surface area contributed by atoms with Crippen LogP contribution in [0.15, 0.2) is 24.3 Å². The molecule has 0 fully saturated rings. The summed E-state index contributed by atoms with van der Waals surface area (Å²) < 4.78 is 5.42. The molecule has 3 heteroatoms. The third kappa shape index (κ3) is 5.48. The van der Waals surface area contributed by atoms with E-state index in [1.807, 2.05) is 19.1 Å². The molecule has 0 aliphatic heterocycles. The van der Waals surface area contributed by atoms with E-state index in [0.29, 0.717) is 12.6 Å². The molecule has 0 aliphatic carbocycles. The van der Waals surface area contributed by atoms with Crippen molar-refractivity contribution in [3.8, 4) is 18.1 Å². The number of hydrogen-bond acceptors (Lipinski definition) is 3. The van der Waals surface area contributed by atoms with Crippen molar-refractivity contribution in [3.63, 3.8) is 0 Å². The molecule has 0 saturated heterocycles. The molecule has 0 amide bonds. The van der Waals surface area contributed by atoms with E-state index in [1.54, 1.807) is 11.8 Å². The fraction of sp³-hybridized carbons (Fsp3) is 0.467. The quantitative estimate of drug-likeness (QED) is 0.575. The van der Waals surface area contributed by atoms with Crippen LogP contribution >= 0.6 is 11.8 Å². The Morgan fingerprint density at radius 1 is 1.39 bits per heavy atom. The maximum atomic E-state index is 5.42. The van der Waals surface area contributed by atoms with Gasteiger partial charge in [-0.05, 0) is 31.5 Å². The Bertz CT molecular complexity index is 369. The first kappa shape index (κ1) is 14.9. The van der Waals surface area contributed by atoms with E-state index in [0.717, 1.165) is 23.8 Å². The number of hydrogen-bond donors (Lipinski definition) is 1. The van der Waals surface area contributed by atoms with Crippen LogP contribution in [0, 0.1) is 12.3 Å². The molecule has 0 heterocycles. The van der Waals surface area contributed by atoms with Gasteiger partial charge in [0.1, 0.15) is 5.75 Å². The number of rotatable bonds is 8. The smallest absolute Gasteiger partial charge is 0.119 e. The van der Waals surface area contributed by atoms with Gasteiger partial charge in [0, 0.05) is 18.3 Å². The third-order valence-corrected chi connectivity index (χ3v) is 3.44. The van der Waals surface area contributed by atoms with Gasteiger partial charge >= 0.3 is 0 Å². The zero-order chi connectivity index (χ0) is 13.2. The molecule has 0 saturated carbocycles. The summed E-state index contributed by atoms with van der Waals surface area (Å²) in [5.41, 5.74) is 1.28. The minimum absolute atomic E-state index is 0.354. The molecule has 0 spiro atoms. The Hall–Kier alpha value is -1.11. The second kappa shape index (κ2) is 8.91. The van der Waals surface area contributed by atoms with Gasteiger partial charge in [0.25, 0.3) is 0 Å². The van der Waals surface area contributed by atoms with Crippen LogP contribution < -0.4 is 10.1 Å². The van der Waals surface area contributed by atoms with Crippen LogP contribution in [0.25, 0.3) is 0 Å². The van der Waals surface area contributed by atoms with Gasteiger partial charge in [0.2, 0.25) is 0 Å². The summed E-state index contributed by atoms with van der Waals surface area (Å²) in [6.07, 6.45) is 5.20. The lowest BCUT2D eigenvalue weighted by molar-refractivity contribution is 0.340. The van der Waals surface area contributed by atoms with Crippen molar-refractivity contribution in [3.05, 3.63) is 29.8 Å². The maximum absolute atomic E-state index is 5.42. The Morgan fingerprint density at radius 2 is 2.11 bits per heavy atom. The van der Waals surface area contributed by atoms with Crippen LogP contribution in [0.2, 0.25) is 0 Å². The Morgan fingerprint density at radius 3 is 2.72 bits per heavy atom. The number of nitrogens with one attached hydrogen (secondary N) is 1. The van der Waals surface area contributed by atoms with Crippen molar-refractivity contribution < 1.29 is 4.74 Å². The summed E-state index contributed by atoms with van der Waals surface area (Å²) in [5.74, 6) is 5.39. The molecule has 2 nitrogen and oxygen atoms in total. The van der Waals surface area contributed by atoms with E-state index >= 15 is 0 Å². The summed E-state index contributed by atoms with van der Waals surface area (Å²) in [6.45, 7) is 5.84. The lowest BCUT2D eigenvalue weighted by Gasteiger charge is -2.14. The second-order valence-electron chi connectivity index (χ2n) is 3.93. The molecule has 0 bridgehead atoms. The maximum Gasteiger partial charge on any atom is 0.119 e. The van der Waals surface area contributed by atoms with Crippen LogP contribution in [0.4, 0.5) is 0 Å². The average Bonchev–Trinajstić information content (AvgIpc) is 2.39. The number of benzene rings is 1. The van der Waals surface area contributed by atoms with Gasteiger partial charge in [-0.2, -0.15) is 0 Å². The molecular weight excluding hydrogens is 242 g/mol. The highest BCUT2D eigenvalue weighted by atomic mass is 32.2. The minimum Gasteiger partial charge on any atom is -0.494 e. The molecular formula is C15H21NOS. The molecule has 18 heavy (non-hydrogen) atoms. The SMILES string of the molecule is C#CCSCCNC(C)c1ccc(OCC)cc1. The molecule has 1 aromatic rings. The Kier molecular flexibility index (Phi) is 7.40. The van der Waals surface area contributed by atoms with Crippen LogP contribution in [0.5, 0.6) is 5.75 Å². The van der Waals surface area contributed by atoms with Gasteiger partial charge in [0.05, 0.1) is 12.4 Å². The average molecular weight is 263 g/mol. The van der Waals surface area contributed by atoms with Crippen molar-refractivity contribution in [2.75, 3.05) is 24.7 Å². The number of ether oxygens (including phenoxy) is 1. The summed E-state index contributed by atoms with van der Waals surface area (Å²) in [5, 5.41) is 3.48. The van der Waals surface area contributed by atoms with Gasteiger partial charge in [-0.15, -0.1) is 18.2 Å². The normalized spacial score (nSPS) is 11.8. The zero-order valence-electron chi connectivity index (χ0n) is 11.1. The first-order valence-electron chi connectivity index (χ1n) is 6.25. The van der Waals surface area contributed by atoms with E-state index in [1.165, 1.54) is 5.56 Å². The highest BCUT2D eigenvalue weighted by Gasteiger charge is 2.04. The first-order chi connectivity index (χ1) is 8.77. The van der Waals surface area contributed by atoms with Gasteiger partial charge in [0.15, 0.2) is 0 Å². The fourth-order valence-corrected chi connectivity index (χ4v) is 2.14. The first-order valence-corrected chi connectivity index (χ1v) is 7.40. The van der Waals surface area contributed by atoms with Crippen molar-refractivity contribution in [1.82, 2.24) is 5.32 Å². The molecule has 1 unspecified atom stereocenters. The topological polar surface area (TPSA) is 21.3 Å². The fourth-order valence-electron chi connectivity index (χ4n) is 1.62. The molecule has 1 rings (SSSR count). The van der Waals surface area contributed by atoms with Crippen molar-refractivity contribution in [2.45, 2.75) is 19.9 Å².